The van der Waals surface area contributed by atoms with E-state index in [0.717, 1.165) is 16.8 Å². The minimum absolute atomic E-state index is 0.481. The Balaban J connectivity index is 1.77. The summed E-state index contributed by atoms with van der Waals surface area (Å²) in [5, 5.41) is 11.2. The number of hydrogen-bond acceptors (Lipinski definition) is 5. The van der Waals surface area contributed by atoms with Gasteiger partial charge in [0.05, 0.1) is 11.5 Å². The van der Waals surface area contributed by atoms with Crippen molar-refractivity contribution in [2.75, 3.05) is 18.5 Å². The highest BCUT2D eigenvalue weighted by Gasteiger charge is 2.13. The van der Waals surface area contributed by atoms with Crippen LogP contribution in [-0.4, -0.2) is 33.7 Å². The Hall–Kier alpha value is -2.53. The summed E-state index contributed by atoms with van der Waals surface area (Å²) in [6.45, 7) is 2.56. The molecule has 0 bridgehead atoms. The van der Waals surface area contributed by atoms with Crippen molar-refractivity contribution in [2.45, 2.75) is 19.4 Å². The van der Waals surface area contributed by atoms with Crippen molar-refractivity contribution in [3.8, 4) is 0 Å². The van der Waals surface area contributed by atoms with Crippen molar-refractivity contribution >= 4 is 16.9 Å². The first kappa shape index (κ1) is 15.4. The van der Waals surface area contributed by atoms with Crippen LogP contribution < -0.4 is 4.90 Å². The number of aliphatic hydroxyl groups is 1. The Morgan fingerprint density at radius 2 is 1.87 bits per heavy atom. The van der Waals surface area contributed by atoms with Gasteiger partial charge in [-0.2, -0.15) is 0 Å². The summed E-state index contributed by atoms with van der Waals surface area (Å²) in [5.41, 5.74) is 1.64. The van der Waals surface area contributed by atoms with Gasteiger partial charge in [0.2, 0.25) is 0 Å². The van der Waals surface area contributed by atoms with Crippen LogP contribution in [0.4, 0.5) is 5.82 Å². The van der Waals surface area contributed by atoms with E-state index in [0.29, 0.717) is 24.4 Å². The second-order valence-corrected chi connectivity index (χ2v) is 5.61. The number of pyridine rings is 1. The van der Waals surface area contributed by atoms with Gasteiger partial charge in [0, 0.05) is 19.8 Å². The Kier molecular flexibility index (Phi) is 4.48. The lowest BCUT2D eigenvalue weighted by molar-refractivity contribution is 0.170. The first-order valence-electron chi connectivity index (χ1n) is 7.68. The number of rotatable bonds is 5. The lowest BCUT2D eigenvalue weighted by atomic mass is 10.1. The van der Waals surface area contributed by atoms with Crippen LogP contribution in [0.1, 0.15) is 23.9 Å². The molecule has 3 rings (SSSR count). The molecule has 0 saturated heterocycles. The normalized spacial score (nSPS) is 12.3. The van der Waals surface area contributed by atoms with E-state index in [-0.39, 0.29) is 0 Å². The first-order valence-corrected chi connectivity index (χ1v) is 7.68. The van der Waals surface area contributed by atoms with Gasteiger partial charge >= 0.3 is 0 Å². The molecule has 0 aliphatic heterocycles. The SMILES string of the molecule is Cc1nc(N(C)CC[C@H](O)c2ccccc2)c2cccnc2n1. The molecular weight excluding hydrogens is 288 g/mol. The molecule has 1 atom stereocenters. The summed E-state index contributed by atoms with van der Waals surface area (Å²) in [6, 6.07) is 13.6. The monoisotopic (exact) mass is 308 g/mol. The van der Waals surface area contributed by atoms with Crippen LogP contribution in [0.2, 0.25) is 0 Å². The van der Waals surface area contributed by atoms with Crippen LogP contribution in [0.25, 0.3) is 11.0 Å². The molecule has 5 heteroatoms. The summed E-state index contributed by atoms with van der Waals surface area (Å²) >= 11 is 0. The number of benzene rings is 1. The minimum Gasteiger partial charge on any atom is -0.388 e. The molecule has 1 N–H and O–H groups in total. The minimum atomic E-state index is -0.481. The third-order valence-corrected chi connectivity index (χ3v) is 3.85. The highest BCUT2D eigenvalue weighted by Crippen LogP contribution is 2.23. The maximum atomic E-state index is 10.3. The van der Waals surface area contributed by atoms with Crippen LogP contribution in [0.3, 0.4) is 0 Å². The van der Waals surface area contributed by atoms with Gasteiger partial charge in [0.15, 0.2) is 5.65 Å². The second kappa shape index (κ2) is 6.71. The van der Waals surface area contributed by atoms with Gasteiger partial charge in [-0.05, 0) is 31.0 Å². The standard InChI is InChI=1S/C18H20N4O/c1-13-20-17-15(9-6-11-19-17)18(21-13)22(2)12-10-16(23)14-7-4-3-5-8-14/h3-9,11,16,23H,10,12H2,1-2H3/t16-/m0/s1. The molecular formula is C18H20N4O. The summed E-state index contributed by atoms with van der Waals surface area (Å²) in [7, 11) is 1.98. The Morgan fingerprint density at radius 1 is 1.09 bits per heavy atom. The van der Waals surface area contributed by atoms with Crippen molar-refractivity contribution in [1.29, 1.82) is 0 Å². The molecule has 2 aromatic heterocycles. The summed E-state index contributed by atoms with van der Waals surface area (Å²) in [4.78, 5) is 15.3. The van der Waals surface area contributed by atoms with Gasteiger partial charge in [-0.15, -0.1) is 0 Å². The average molecular weight is 308 g/mol. The number of fused-ring (bicyclic) bond motifs is 1. The molecule has 3 aromatic rings. The predicted octanol–water partition coefficient (Wildman–Crippen LogP) is 2.89. The molecule has 0 fully saturated rings. The van der Waals surface area contributed by atoms with Crippen molar-refractivity contribution in [1.82, 2.24) is 15.0 Å². The zero-order valence-corrected chi connectivity index (χ0v) is 13.3. The van der Waals surface area contributed by atoms with Crippen LogP contribution >= 0.6 is 0 Å². The molecule has 0 aliphatic carbocycles. The van der Waals surface area contributed by atoms with Crippen molar-refractivity contribution in [3.63, 3.8) is 0 Å². The predicted molar refractivity (Wildman–Crippen MR) is 91.4 cm³/mol. The summed E-state index contributed by atoms with van der Waals surface area (Å²) in [5.74, 6) is 1.54. The van der Waals surface area contributed by atoms with Crippen LogP contribution in [0.5, 0.6) is 0 Å². The number of hydrogen-bond donors (Lipinski definition) is 1. The summed E-state index contributed by atoms with van der Waals surface area (Å²) in [6.07, 6.45) is 1.88. The van der Waals surface area contributed by atoms with E-state index in [1.54, 1.807) is 6.20 Å². The van der Waals surface area contributed by atoms with E-state index < -0.39 is 6.10 Å². The number of aryl methyl sites for hydroxylation is 1. The van der Waals surface area contributed by atoms with Crippen molar-refractivity contribution in [2.24, 2.45) is 0 Å². The topological polar surface area (TPSA) is 62.1 Å². The maximum Gasteiger partial charge on any atom is 0.164 e. The number of anilines is 1. The fourth-order valence-corrected chi connectivity index (χ4v) is 2.61. The van der Waals surface area contributed by atoms with Crippen LogP contribution in [-0.2, 0) is 0 Å². The number of aliphatic hydroxyl groups excluding tert-OH is 1. The van der Waals surface area contributed by atoms with Gasteiger partial charge in [-0.3, -0.25) is 0 Å². The number of aromatic nitrogens is 3. The van der Waals surface area contributed by atoms with E-state index in [9.17, 15) is 5.11 Å². The van der Waals surface area contributed by atoms with Crippen molar-refractivity contribution < 1.29 is 5.11 Å². The fourth-order valence-electron chi connectivity index (χ4n) is 2.61. The Bertz CT molecular complexity index is 791. The Labute approximate surface area is 135 Å². The second-order valence-electron chi connectivity index (χ2n) is 5.61. The molecule has 118 valence electrons. The third kappa shape index (κ3) is 3.46. The molecule has 0 aliphatic rings. The van der Waals surface area contributed by atoms with Gasteiger partial charge in [0.1, 0.15) is 11.6 Å². The molecule has 0 saturated carbocycles. The zero-order chi connectivity index (χ0) is 16.2. The van der Waals surface area contributed by atoms with Crippen molar-refractivity contribution in [3.05, 3.63) is 60.0 Å². The highest BCUT2D eigenvalue weighted by atomic mass is 16.3. The van der Waals surface area contributed by atoms with E-state index in [1.807, 2.05) is 61.3 Å². The fraction of sp³-hybridized carbons (Fsp3) is 0.278. The molecule has 0 amide bonds. The van der Waals surface area contributed by atoms with Gasteiger partial charge < -0.3 is 10.0 Å². The number of nitrogens with zero attached hydrogens (tertiary/aromatic N) is 4. The van der Waals surface area contributed by atoms with Gasteiger partial charge in [-0.25, -0.2) is 15.0 Å². The van der Waals surface area contributed by atoms with Crippen LogP contribution in [0.15, 0.2) is 48.7 Å². The summed E-state index contributed by atoms with van der Waals surface area (Å²) < 4.78 is 0. The van der Waals surface area contributed by atoms with Gasteiger partial charge in [0.25, 0.3) is 0 Å². The third-order valence-electron chi connectivity index (χ3n) is 3.85. The van der Waals surface area contributed by atoms with Gasteiger partial charge in [-0.1, -0.05) is 30.3 Å². The molecule has 5 nitrogen and oxygen atoms in total. The lowest BCUT2D eigenvalue weighted by Crippen LogP contribution is -2.22. The molecule has 0 unspecified atom stereocenters. The van der Waals surface area contributed by atoms with E-state index in [4.69, 9.17) is 0 Å². The lowest BCUT2D eigenvalue weighted by Gasteiger charge is -2.21. The highest BCUT2D eigenvalue weighted by molar-refractivity contribution is 5.86. The van der Waals surface area contributed by atoms with Crippen LogP contribution in [0, 0.1) is 6.92 Å². The maximum absolute atomic E-state index is 10.3. The molecule has 2 heterocycles. The van der Waals surface area contributed by atoms with E-state index in [2.05, 4.69) is 15.0 Å². The van der Waals surface area contributed by atoms with E-state index >= 15 is 0 Å². The molecule has 23 heavy (non-hydrogen) atoms. The molecule has 1 aromatic carbocycles. The first-order chi connectivity index (χ1) is 11.1. The Morgan fingerprint density at radius 3 is 2.65 bits per heavy atom. The zero-order valence-electron chi connectivity index (χ0n) is 13.3. The molecule has 0 radical (unpaired) electrons. The smallest absolute Gasteiger partial charge is 0.164 e. The van der Waals surface area contributed by atoms with E-state index in [1.165, 1.54) is 0 Å². The average Bonchev–Trinajstić information content (AvgIpc) is 2.59. The molecule has 0 spiro atoms. The quantitative estimate of drug-likeness (QED) is 0.785. The largest absolute Gasteiger partial charge is 0.388 e.